The van der Waals surface area contributed by atoms with Crippen LogP contribution in [-0.4, -0.2) is 25.3 Å². The van der Waals surface area contributed by atoms with E-state index in [9.17, 15) is 4.79 Å². The molecule has 0 aliphatic heterocycles. The Kier molecular flexibility index (Phi) is 5.98. The van der Waals surface area contributed by atoms with Crippen LogP contribution in [0.15, 0.2) is 24.3 Å². The summed E-state index contributed by atoms with van der Waals surface area (Å²) in [4.78, 5) is 10.7. The molecule has 0 aliphatic carbocycles. The number of hydrogen-bond acceptors (Lipinski definition) is 3. The first-order valence-corrected chi connectivity index (χ1v) is 6.79. The van der Waals surface area contributed by atoms with Crippen molar-refractivity contribution in [3.8, 4) is 0 Å². The van der Waals surface area contributed by atoms with Crippen LogP contribution in [0.2, 0.25) is 0 Å². The summed E-state index contributed by atoms with van der Waals surface area (Å²) in [6, 6.07) is 7.33. The van der Waals surface area contributed by atoms with E-state index in [0.29, 0.717) is 5.69 Å². The van der Waals surface area contributed by atoms with Gasteiger partial charge < -0.3 is 21.1 Å². The van der Waals surface area contributed by atoms with E-state index in [1.54, 1.807) is 7.11 Å². The third kappa shape index (κ3) is 5.59. The van der Waals surface area contributed by atoms with Gasteiger partial charge in [0.25, 0.3) is 0 Å². The molecule has 5 nitrogen and oxygen atoms in total. The molecule has 1 atom stereocenters. The van der Waals surface area contributed by atoms with Gasteiger partial charge in [0, 0.05) is 18.8 Å². The van der Waals surface area contributed by atoms with Crippen LogP contribution in [0.4, 0.5) is 10.5 Å². The van der Waals surface area contributed by atoms with Gasteiger partial charge in [0.2, 0.25) is 0 Å². The molecule has 0 fully saturated rings. The number of urea groups is 1. The Morgan fingerprint density at radius 1 is 1.35 bits per heavy atom. The number of ether oxygens (including phenoxy) is 1. The minimum Gasteiger partial charge on any atom is -0.379 e. The van der Waals surface area contributed by atoms with E-state index in [1.165, 1.54) is 0 Å². The normalized spacial score (nSPS) is 13.0. The number of rotatable bonds is 7. The predicted octanol–water partition coefficient (Wildman–Crippen LogP) is 2.64. The third-order valence-corrected chi connectivity index (χ3v) is 3.41. The van der Waals surface area contributed by atoms with Gasteiger partial charge in [0.15, 0.2) is 0 Å². The molecular formula is C15H25N3O2. The first-order valence-electron chi connectivity index (χ1n) is 6.79. The van der Waals surface area contributed by atoms with E-state index >= 15 is 0 Å². The number of carbonyl (C=O) groups excluding carboxylic acids is 1. The van der Waals surface area contributed by atoms with Crippen LogP contribution >= 0.6 is 0 Å². The number of benzene rings is 1. The summed E-state index contributed by atoms with van der Waals surface area (Å²) < 4.78 is 5.39. The third-order valence-electron chi connectivity index (χ3n) is 3.41. The number of primary amides is 1. The van der Waals surface area contributed by atoms with E-state index < -0.39 is 6.03 Å². The first kappa shape index (κ1) is 16.5. The van der Waals surface area contributed by atoms with Gasteiger partial charge in [-0.1, -0.05) is 12.1 Å². The lowest BCUT2D eigenvalue weighted by Gasteiger charge is -2.24. The highest BCUT2D eigenvalue weighted by atomic mass is 16.5. The molecule has 5 heteroatoms. The molecule has 112 valence electrons. The Bertz CT molecular complexity index is 429. The summed E-state index contributed by atoms with van der Waals surface area (Å²) in [6.45, 7) is 7.13. The van der Waals surface area contributed by atoms with Gasteiger partial charge in [-0.15, -0.1) is 0 Å². The van der Waals surface area contributed by atoms with Gasteiger partial charge >= 0.3 is 6.03 Å². The standard InChI is InChI=1S/C15H25N3O2/c1-11(17-10-9-15(2,3)20-4)12-5-7-13(8-6-12)18-14(16)19/h5-8,11,17H,9-10H2,1-4H3,(H3,16,18,19). The molecule has 0 aliphatic rings. The van der Waals surface area contributed by atoms with Crippen molar-refractivity contribution in [2.24, 2.45) is 5.73 Å². The molecule has 1 aromatic carbocycles. The van der Waals surface area contributed by atoms with Crippen LogP contribution in [0, 0.1) is 0 Å². The molecule has 0 aromatic heterocycles. The van der Waals surface area contributed by atoms with Crippen molar-refractivity contribution in [1.82, 2.24) is 5.32 Å². The molecule has 0 saturated carbocycles. The van der Waals surface area contributed by atoms with Crippen molar-refractivity contribution in [3.63, 3.8) is 0 Å². The summed E-state index contributed by atoms with van der Waals surface area (Å²) in [6.07, 6.45) is 0.940. The van der Waals surface area contributed by atoms with E-state index in [-0.39, 0.29) is 11.6 Å². The Morgan fingerprint density at radius 3 is 2.45 bits per heavy atom. The maximum absolute atomic E-state index is 10.7. The number of amides is 2. The second-order valence-electron chi connectivity index (χ2n) is 5.50. The smallest absolute Gasteiger partial charge is 0.316 e. The largest absolute Gasteiger partial charge is 0.379 e. The summed E-state index contributed by atoms with van der Waals surface area (Å²) in [7, 11) is 1.73. The van der Waals surface area contributed by atoms with E-state index in [1.807, 2.05) is 24.3 Å². The number of hydrogen-bond donors (Lipinski definition) is 3. The Balaban J connectivity index is 2.47. The number of nitrogens with one attached hydrogen (secondary N) is 2. The number of nitrogens with two attached hydrogens (primary N) is 1. The zero-order valence-electron chi connectivity index (χ0n) is 12.7. The second-order valence-corrected chi connectivity index (χ2v) is 5.50. The van der Waals surface area contributed by atoms with Crippen LogP contribution < -0.4 is 16.4 Å². The van der Waals surface area contributed by atoms with Crippen LogP contribution in [0.25, 0.3) is 0 Å². The Hall–Kier alpha value is -1.59. The molecule has 20 heavy (non-hydrogen) atoms. The summed E-state index contributed by atoms with van der Waals surface area (Å²) in [5.74, 6) is 0. The quantitative estimate of drug-likeness (QED) is 0.718. The van der Waals surface area contributed by atoms with Crippen molar-refractivity contribution in [2.45, 2.75) is 38.8 Å². The maximum atomic E-state index is 10.7. The maximum Gasteiger partial charge on any atom is 0.316 e. The van der Waals surface area contributed by atoms with Crippen molar-refractivity contribution < 1.29 is 9.53 Å². The predicted molar refractivity (Wildman–Crippen MR) is 81.8 cm³/mol. The molecule has 1 aromatic rings. The minimum absolute atomic E-state index is 0.109. The van der Waals surface area contributed by atoms with Crippen LogP contribution in [0.5, 0.6) is 0 Å². The van der Waals surface area contributed by atoms with Crippen LogP contribution in [0.1, 0.15) is 38.8 Å². The fraction of sp³-hybridized carbons (Fsp3) is 0.533. The van der Waals surface area contributed by atoms with Crippen LogP contribution in [0.3, 0.4) is 0 Å². The van der Waals surface area contributed by atoms with Gasteiger partial charge in [-0.2, -0.15) is 0 Å². The molecule has 1 rings (SSSR count). The number of methoxy groups -OCH3 is 1. The van der Waals surface area contributed by atoms with E-state index in [2.05, 4.69) is 31.4 Å². The zero-order chi connectivity index (χ0) is 15.2. The first-order chi connectivity index (χ1) is 9.34. The average Bonchev–Trinajstić information content (AvgIpc) is 2.38. The van der Waals surface area contributed by atoms with Crippen molar-refractivity contribution >= 4 is 11.7 Å². The second kappa shape index (κ2) is 7.26. The monoisotopic (exact) mass is 279 g/mol. The highest BCUT2D eigenvalue weighted by Crippen LogP contribution is 2.17. The highest BCUT2D eigenvalue weighted by Gasteiger charge is 2.16. The molecule has 2 amide bonds. The average molecular weight is 279 g/mol. The minimum atomic E-state index is -0.550. The zero-order valence-corrected chi connectivity index (χ0v) is 12.7. The molecule has 0 spiro atoms. The fourth-order valence-corrected chi connectivity index (χ4v) is 1.81. The molecular weight excluding hydrogens is 254 g/mol. The van der Waals surface area contributed by atoms with Gasteiger partial charge in [0.05, 0.1) is 5.60 Å². The van der Waals surface area contributed by atoms with Crippen molar-refractivity contribution in [3.05, 3.63) is 29.8 Å². The Labute approximate surface area is 120 Å². The van der Waals surface area contributed by atoms with Gasteiger partial charge in [0.1, 0.15) is 0 Å². The summed E-state index contributed by atoms with van der Waals surface area (Å²) in [5, 5.41) is 6.00. The molecule has 0 saturated heterocycles. The molecule has 0 radical (unpaired) electrons. The van der Waals surface area contributed by atoms with Crippen molar-refractivity contribution in [2.75, 3.05) is 19.0 Å². The lowest BCUT2D eigenvalue weighted by atomic mass is 10.0. The van der Waals surface area contributed by atoms with Gasteiger partial charge in [-0.25, -0.2) is 4.79 Å². The van der Waals surface area contributed by atoms with E-state index in [0.717, 1.165) is 18.5 Å². The topological polar surface area (TPSA) is 76.4 Å². The highest BCUT2D eigenvalue weighted by molar-refractivity contribution is 5.87. The van der Waals surface area contributed by atoms with Gasteiger partial charge in [-0.05, 0) is 51.4 Å². The fourth-order valence-electron chi connectivity index (χ4n) is 1.81. The summed E-state index contributed by atoms with van der Waals surface area (Å²) in [5.41, 5.74) is 6.82. The molecule has 0 bridgehead atoms. The van der Waals surface area contributed by atoms with Crippen molar-refractivity contribution in [1.29, 1.82) is 0 Å². The SMILES string of the molecule is COC(C)(C)CCNC(C)c1ccc(NC(N)=O)cc1. The lowest BCUT2D eigenvalue weighted by Crippen LogP contribution is -2.30. The van der Waals surface area contributed by atoms with E-state index in [4.69, 9.17) is 10.5 Å². The number of carbonyl (C=O) groups is 1. The Morgan fingerprint density at radius 2 is 1.95 bits per heavy atom. The molecule has 1 unspecified atom stereocenters. The van der Waals surface area contributed by atoms with Gasteiger partial charge in [-0.3, -0.25) is 0 Å². The van der Waals surface area contributed by atoms with Crippen LogP contribution in [-0.2, 0) is 4.74 Å². The summed E-state index contributed by atoms with van der Waals surface area (Å²) >= 11 is 0. The lowest BCUT2D eigenvalue weighted by molar-refractivity contribution is 0.0154. The number of anilines is 1. The molecule has 0 heterocycles. The molecule has 4 N–H and O–H groups in total.